The Morgan fingerprint density at radius 1 is 1.22 bits per heavy atom. The number of nitrogens with one attached hydrogen (secondary N) is 2. The van der Waals surface area contributed by atoms with Crippen LogP contribution in [0, 0.1) is 0 Å². The molecular weight excluding hydrogens is 230 g/mol. The summed E-state index contributed by atoms with van der Waals surface area (Å²) in [6, 6.07) is 0.738. The lowest BCUT2D eigenvalue weighted by Gasteiger charge is -2.27. The summed E-state index contributed by atoms with van der Waals surface area (Å²) in [5, 5.41) is 3.35. The summed E-state index contributed by atoms with van der Waals surface area (Å²) in [6.45, 7) is 0. The largest absolute Gasteiger partial charge is 0.383 e. The van der Waals surface area contributed by atoms with Gasteiger partial charge in [-0.15, -0.1) is 0 Å². The van der Waals surface area contributed by atoms with Gasteiger partial charge in [0.05, 0.1) is 0 Å². The van der Waals surface area contributed by atoms with E-state index >= 15 is 0 Å². The Bertz CT molecular complexity index is 500. The molecule has 1 aliphatic carbocycles. The van der Waals surface area contributed by atoms with E-state index in [1.54, 1.807) is 0 Å². The molecule has 1 saturated carbocycles. The van der Waals surface area contributed by atoms with Crippen LogP contribution in [0.1, 0.15) is 25.7 Å². The Kier molecular flexibility index (Phi) is 2.75. The maximum absolute atomic E-state index is 5.89. The third-order valence-electron chi connectivity index (χ3n) is 3.42. The number of aromatic nitrogens is 4. The number of H-pyrrole nitrogens is 1. The first-order chi connectivity index (χ1) is 8.72. The van der Waals surface area contributed by atoms with Crippen LogP contribution in [0.3, 0.4) is 0 Å². The van der Waals surface area contributed by atoms with Gasteiger partial charge in [-0.05, 0) is 25.7 Å². The minimum Gasteiger partial charge on any atom is -0.383 e. The summed E-state index contributed by atoms with van der Waals surface area (Å²) in [5.74, 6) is 1.72. The Hall–Kier alpha value is -1.89. The number of rotatable bonds is 2. The summed E-state index contributed by atoms with van der Waals surface area (Å²) >= 11 is 0. The highest BCUT2D eigenvalue weighted by atomic mass is 15.2. The number of hydrogen-bond donors (Lipinski definition) is 4. The zero-order chi connectivity index (χ0) is 12.5. The van der Waals surface area contributed by atoms with Gasteiger partial charge in [-0.25, -0.2) is 9.97 Å². The van der Waals surface area contributed by atoms with E-state index in [0.29, 0.717) is 35.4 Å². The number of imidazole rings is 1. The van der Waals surface area contributed by atoms with E-state index in [4.69, 9.17) is 11.5 Å². The fourth-order valence-electron chi connectivity index (χ4n) is 2.38. The topological polar surface area (TPSA) is 119 Å². The van der Waals surface area contributed by atoms with Crippen molar-refractivity contribution in [1.29, 1.82) is 0 Å². The van der Waals surface area contributed by atoms with Crippen LogP contribution in [0.4, 0.5) is 11.8 Å². The zero-order valence-electron chi connectivity index (χ0n) is 10.1. The number of nitrogens with two attached hydrogens (primary N) is 2. The Morgan fingerprint density at radius 3 is 2.78 bits per heavy atom. The number of fused-ring (bicyclic) bond motifs is 1. The van der Waals surface area contributed by atoms with Gasteiger partial charge >= 0.3 is 0 Å². The first kappa shape index (κ1) is 11.2. The molecule has 3 aliphatic rings. The Morgan fingerprint density at radius 2 is 2.00 bits per heavy atom. The van der Waals surface area contributed by atoms with E-state index < -0.39 is 0 Å². The fraction of sp³-hybridized carbons (Fsp3) is 0.545. The van der Waals surface area contributed by atoms with Crippen LogP contribution in [0.5, 0.6) is 0 Å². The second-order valence-corrected chi connectivity index (χ2v) is 4.80. The van der Waals surface area contributed by atoms with Gasteiger partial charge in [0.2, 0.25) is 5.95 Å². The number of nitrogen functional groups attached to an aromatic ring is 1. The number of aromatic amines is 1. The normalized spacial score (nSPS) is 24.3. The number of nitrogens with zero attached hydrogens (tertiary/aromatic N) is 3. The molecule has 2 heterocycles. The van der Waals surface area contributed by atoms with Gasteiger partial charge in [-0.2, -0.15) is 4.98 Å². The molecule has 1 fully saturated rings. The van der Waals surface area contributed by atoms with E-state index in [9.17, 15) is 0 Å². The van der Waals surface area contributed by atoms with Crippen LogP contribution < -0.4 is 16.8 Å². The molecule has 96 valence electrons. The summed E-state index contributed by atoms with van der Waals surface area (Å²) in [6.07, 6.45) is 5.67. The molecule has 7 heteroatoms. The molecule has 0 atom stereocenters. The minimum absolute atomic E-state index is 0.341. The van der Waals surface area contributed by atoms with Crippen molar-refractivity contribution in [3.63, 3.8) is 0 Å². The molecular formula is C11H17N7. The molecule has 0 saturated heterocycles. The molecule has 6 N–H and O–H groups in total. The van der Waals surface area contributed by atoms with Crippen molar-refractivity contribution in [3.8, 4) is 11.5 Å². The van der Waals surface area contributed by atoms with Crippen LogP contribution in [-0.4, -0.2) is 32.0 Å². The molecule has 0 amide bonds. The van der Waals surface area contributed by atoms with Gasteiger partial charge in [0.1, 0.15) is 17.8 Å². The van der Waals surface area contributed by atoms with Crippen molar-refractivity contribution in [3.05, 3.63) is 6.33 Å². The predicted molar refractivity (Wildman–Crippen MR) is 69.1 cm³/mol. The maximum Gasteiger partial charge on any atom is 0.204 e. The van der Waals surface area contributed by atoms with Crippen LogP contribution >= 0.6 is 0 Å². The van der Waals surface area contributed by atoms with Crippen molar-refractivity contribution in [1.82, 2.24) is 19.9 Å². The highest BCUT2D eigenvalue weighted by Gasteiger charge is 2.20. The van der Waals surface area contributed by atoms with E-state index in [1.165, 1.54) is 6.33 Å². The van der Waals surface area contributed by atoms with Crippen LogP contribution in [-0.2, 0) is 0 Å². The van der Waals surface area contributed by atoms with Crippen molar-refractivity contribution >= 4 is 11.8 Å². The molecule has 0 bridgehead atoms. The lowest BCUT2D eigenvalue weighted by Crippen LogP contribution is -2.33. The summed E-state index contributed by atoms with van der Waals surface area (Å²) in [7, 11) is 0. The first-order valence-electron chi connectivity index (χ1n) is 6.20. The van der Waals surface area contributed by atoms with E-state index in [1.807, 2.05) is 0 Å². The summed E-state index contributed by atoms with van der Waals surface area (Å²) < 4.78 is 0. The Labute approximate surface area is 105 Å². The average Bonchev–Trinajstić information content (AvgIpc) is 2.81. The molecule has 0 radical (unpaired) electrons. The summed E-state index contributed by atoms with van der Waals surface area (Å²) in [5.41, 5.74) is 12.4. The second-order valence-electron chi connectivity index (χ2n) is 4.80. The fourth-order valence-corrected chi connectivity index (χ4v) is 2.38. The zero-order valence-corrected chi connectivity index (χ0v) is 10.1. The highest BCUT2D eigenvalue weighted by Crippen LogP contribution is 2.24. The Balaban J connectivity index is 1.77. The van der Waals surface area contributed by atoms with E-state index in [2.05, 4.69) is 25.3 Å². The standard InChI is InChI=1S/C11H17N7/c12-6-1-3-7(4-2-6)16-11-17-9(13)8-10(18-11)15-5-14-8/h5-7H,1-4,12H2,(H4,13,14,15,16,17,18)/t6-,7-. The molecule has 0 spiro atoms. The van der Waals surface area contributed by atoms with Gasteiger partial charge in [-0.1, -0.05) is 0 Å². The van der Waals surface area contributed by atoms with Crippen molar-refractivity contribution in [2.24, 2.45) is 5.73 Å². The molecule has 0 unspecified atom stereocenters. The number of hydrogen-bond acceptors (Lipinski definition) is 6. The summed E-state index contributed by atoms with van der Waals surface area (Å²) in [4.78, 5) is 15.5. The van der Waals surface area contributed by atoms with Crippen LogP contribution in [0.25, 0.3) is 11.5 Å². The molecule has 7 nitrogen and oxygen atoms in total. The van der Waals surface area contributed by atoms with Gasteiger partial charge in [0.25, 0.3) is 0 Å². The van der Waals surface area contributed by atoms with Crippen LogP contribution in [0.2, 0.25) is 0 Å². The smallest absolute Gasteiger partial charge is 0.204 e. The monoisotopic (exact) mass is 247 g/mol. The minimum atomic E-state index is 0.341. The van der Waals surface area contributed by atoms with Crippen molar-refractivity contribution in [2.45, 2.75) is 37.8 Å². The van der Waals surface area contributed by atoms with Gasteiger partial charge in [0, 0.05) is 12.1 Å². The van der Waals surface area contributed by atoms with Gasteiger partial charge in [0.15, 0.2) is 5.82 Å². The molecule has 3 rings (SSSR count). The molecule has 18 heavy (non-hydrogen) atoms. The molecule has 0 aromatic carbocycles. The van der Waals surface area contributed by atoms with Gasteiger partial charge in [-0.3, -0.25) is 0 Å². The third-order valence-corrected chi connectivity index (χ3v) is 3.42. The van der Waals surface area contributed by atoms with Crippen LogP contribution in [0.15, 0.2) is 6.33 Å². The predicted octanol–water partition coefficient (Wildman–Crippen LogP) is 0.568. The first-order valence-corrected chi connectivity index (χ1v) is 6.20. The molecule has 0 aromatic heterocycles. The highest BCUT2D eigenvalue weighted by molar-refractivity contribution is 5.66. The SMILES string of the molecule is Nc1[nH]c(N[C@H]2CC[C@H](N)CC2)nc2ncnc1-2. The van der Waals surface area contributed by atoms with Gasteiger partial charge < -0.3 is 21.8 Å². The quantitative estimate of drug-likeness (QED) is 0.616. The van der Waals surface area contributed by atoms with Crippen molar-refractivity contribution in [2.75, 3.05) is 11.1 Å². The van der Waals surface area contributed by atoms with E-state index in [0.717, 1.165) is 25.7 Å². The third kappa shape index (κ3) is 2.08. The lowest BCUT2D eigenvalue weighted by atomic mass is 9.92. The molecule has 0 aromatic rings. The molecule has 2 aliphatic heterocycles. The lowest BCUT2D eigenvalue weighted by molar-refractivity contribution is 0.410. The van der Waals surface area contributed by atoms with E-state index in [-0.39, 0.29) is 0 Å². The second kappa shape index (κ2) is 4.41. The maximum atomic E-state index is 5.89. The number of anilines is 2. The average molecular weight is 247 g/mol. The van der Waals surface area contributed by atoms with Crippen molar-refractivity contribution < 1.29 is 0 Å².